The Morgan fingerprint density at radius 1 is 1.14 bits per heavy atom. The molecule has 0 radical (unpaired) electrons. The largest absolute Gasteiger partial charge is 0.481 e. The zero-order chi connectivity index (χ0) is 16.0. The molecule has 0 bridgehead atoms. The summed E-state index contributed by atoms with van der Waals surface area (Å²) in [7, 11) is 0. The first kappa shape index (κ1) is 14.9. The topological polar surface area (TPSA) is 66.4 Å². The van der Waals surface area contributed by atoms with Crippen molar-refractivity contribution in [3.05, 3.63) is 35.4 Å². The standard InChI is InChI=1S/C16H17F2NO3/c17-10-3-1-4-11(18)12(10)16(5-2-6-16)13(20)19-9-15(7-8-15)14(21)22/h1,3-4H,2,5-9H2,(H,19,20)(H,21,22). The van der Waals surface area contributed by atoms with Crippen molar-refractivity contribution in [2.45, 2.75) is 37.5 Å². The number of carboxylic acid groups (broad SMARTS) is 1. The first-order valence-electron chi connectivity index (χ1n) is 7.38. The summed E-state index contributed by atoms with van der Waals surface area (Å²) in [6.07, 6.45) is 2.49. The molecule has 2 fully saturated rings. The highest BCUT2D eigenvalue weighted by atomic mass is 19.1. The summed E-state index contributed by atoms with van der Waals surface area (Å²) in [5.41, 5.74) is -2.29. The molecular formula is C16H17F2NO3. The normalized spacial score (nSPS) is 20.8. The fraction of sp³-hybridized carbons (Fsp3) is 0.500. The van der Waals surface area contributed by atoms with Crippen LogP contribution in [0.1, 0.15) is 37.7 Å². The number of hydrogen-bond donors (Lipinski definition) is 2. The van der Waals surface area contributed by atoms with Gasteiger partial charge in [-0.2, -0.15) is 0 Å². The van der Waals surface area contributed by atoms with Gasteiger partial charge in [0.25, 0.3) is 0 Å². The van der Waals surface area contributed by atoms with Crippen molar-refractivity contribution in [2.75, 3.05) is 6.54 Å². The molecule has 0 aliphatic heterocycles. The van der Waals surface area contributed by atoms with E-state index in [4.69, 9.17) is 5.11 Å². The van der Waals surface area contributed by atoms with Gasteiger partial charge in [0.2, 0.25) is 5.91 Å². The minimum Gasteiger partial charge on any atom is -0.481 e. The lowest BCUT2D eigenvalue weighted by Crippen LogP contribution is -2.51. The van der Waals surface area contributed by atoms with Gasteiger partial charge in [-0.25, -0.2) is 8.78 Å². The fourth-order valence-electron chi connectivity index (χ4n) is 3.11. The summed E-state index contributed by atoms with van der Waals surface area (Å²) in [4.78, 5) is 23.6. The van der Waals surface area contributed by atoms with Crippen LogP contribution < -0.4 is 5.32 Å². The highest BCUT2D eigenvalue weighted by Crippen LogP contribution is 2.48. The third-order valence-corrected chi connectivity index (χ3v) is 4.98. The summed E-state index contributed by atoms with van der Waals surface area (Å²) in [6.45, 7) is 0.0129. The molecule has 2 aliphatic rings. The third-order valence-electron chi connectivity index (χ3n) is 4.98. The van der Waals surface area contributed by atoms with Crippen LogP contribution >= 0.6 is 0 Å². The molecule has 1 aromatic rings. The third kappa shape index (κ3) is 2.17. The molecule has 3 rings (SSSR count). The molecule has 2 N–H and O–H groups in total. The number of aliphatic carboxylic acids is 1. The van der Waals surface area contributed by atoms with Crippen molar-refractivity contribution < 1.29 is 23.5 Å². The molecular weight excluding hydrogens is 292 g/mol. The van der Waals surface area contributed by atoms with E-state index in [1.807, 2.05) is 0 Å². The zero-order valence-corrected chi connectivity index (χ0v) is 12.0. The molecule has 0 aromatic heterocycles. The van der Waals surface area contributed by atoms with E-state index in [1.54, 1.807) is 0 Å². The molecule has 1 amide bonds. The van der Waals surface area contributed by atoms with Gasteiger partial charge < -0.3 is 10.4 Å². The van der Waals surface area contributed by atoms with Crippen LogP contribution in [0.25, 0.3) is 0 Å². The highest BCUT2D eigenvalue weighted by Gasteiger charge is 2.53. The predicted molar refractivity (Wildman–Crippen MR) is 74.2 cm³/mol. The number of carbonyl (C=O) groups is 2. The van der Waals surface area contributed by atoms with Crippen LogP contribution in [-0.2, 0) is 15.0 Å². The first-order chi connectivity index (χ1) is 10.4. The van der Waals surface area contributed by atoms with Crippen LogP contribution in [0.5, 0.6) is 0 Å². The average molecular weight is 309 g/mol. The fourth-order valence-corrected chi connectivity index (χ4v) is 3.11. The maximum Gasteiger partial charge on any atom is 0.311 e. The highest BCUT2D eigenvalue weighted by molar-refractivity contribution is 5.90. The Labute approximate surface area is 126 Å². The number of benzene rings is 1. The van der Waals surface area contributed by atoms with Gasteiger partial charge in [0.05, 0.1) is 10.8 Å². The lowest BCUT2D eigenvalue weighted by atomic mass is 9.63. The number of amides is 1. The smallest absolute Gasteiger partial charge is 0.311 e. The molecule has 4 nitrogen and oxygen atoms in total. The number of rotatable bonds is 5. The van der Waals surface area contributed by atoms with Gasteiger partial charge in [0, 0.05) is 12.1 Å². The minimum atomic E-state index is -1.20. The SMILES string of the molecule is O=C(O)C1(CNC(=O)C2(c3c(F)cccc3F)CCC2)CC1. The van der Waals surface area contributed by atoms with Gasteiger partial charge in [-0.15, -0.1) is 0 Å². The Balaban J connectivity index is 1.81. The number of hydrogen-bond acceptors (Lipinski definition) is 2. The van der Waals surface area contributed by atoms with E-state index in [0.717, 1.165) is 12.1 Å². The second kappa shape index (κ2) is 5.04. The van der Waals surface area contributed by atoms with Gasteiger partial charge in [0.1, 0.15) is 11.6 Å². The molecule has 2 aliphatic carbocycles. The average Bonchev–Trinajstić information content (AvgIpc) is 3.19. The Hall–Kier alpha value is -1.98. The van der Waals surface area contributed by atoms with Crippen molar-refractivity contribution in [2.24, 2.45) is 5.41 Å². The summed E-state index contributed by atoms with van der Waals surface area (Å²) in [6, 6.07) is 3.55. The van der Waals surface area contributed by atoms with Gasteiger partial charge in [-0.05, 0) is 37.8 Å². The first-order valence-corrected chi connectivity index (χ1v) is 7.38. The van der Waals surface area contributed by atoms with Crippen molar-refractivity contribution in [3.63, 3.8) is 0 Å². The van der Waals surface area contributed by atoms with Gasteiger partial charge in [-0.3, -0.25) is 9.59 Å². The minimum absolute atomic E-state index is 0.0129. The lowest BCUT2D eigenvalue weighted by molar-refractivity contribution is -0.143. The maximum absolute atomic E-state index is 14.0. The Morgan fingerprint density at radius 3 is 2.14 bits per heavy atom. The van der Waals surface area contributed by atoms with E-state index in [-0.39, 0.29) is 12.1 Å². The van der Waals surface area contributed by atoms with Gasteiger partial charge >= 0.3 is 5.97 Å². The molecule has 0 spiro atoms. The van der Waals surface area contributed by atoms with E-state index in [1.165, 1.54) is 6.07 Å². The molecule has 118 valence electrons. The van der Waals surface area contributed by atoms with Crippen LogP contribution in [0.15, 0.2) is 18.2 Å². The summed E-state index contributed by atoms with van der Waals surface area (Å²) >= 11 is 0. The van der Waals surface area contributed by atoms with Crippen LogP contribution in [0, 0.1) is 17.0 Å². The zero-order valence-electron chi connectivity index (χ0n) is 12.0. The number of halogens is 2. The molecule has 1 aromatic carbocycles. The Bertz CT molecular complexity index is 616. The molecule has 6 heteroatoms. The molecule has 0 atom stereocenters. The van der Waals surface area contributed by atoms with Gasteiger partial charge in [0.15, 0.2) is 0 Å². The molecule has 2 saturated carbocycles. The molecule has 0 heterocycles. The van der Waals surface area contributed by atoms with Crippen molar-refractivity contribution >= 4 is 11.9 Å². The van der Waals surface area contributed by atoms with E-state index < -0.39 is 34.3 Å². The van der Waals surface area contributed by atoms with Crippen molar-refractivity contribution in [1.29, 1.82) is 0 Å². The summed E-state index contributed by atoms with van der Waals surface area (Å²) < 4.78 is 28.1. The van der Waals surface area contributed by atoms with E-state index in [9.17, 15) is 18.4 Å². The quantitative estimate of drug-likeness (QED) is 0.877. The number of carboxylic acids is 1. The van der Waals surface area contributed by atoms with E-state index in [0.29, 0.717) is 32.1 Å². The Morgan fingerprint density at radius 2 is 1.73 bits per heavy atom. The summed E-state index contributed by atoms with van der Waals surface area (Å²) in [5.74, 6) is -2.87. The van der Waals surface area contributed by atoms with E-state index >= 15 is 0 Å². The van der Waals surface area contributed by atoms with E-state index in [2.05, 4.69) is 5.32 Å². The Kier molecular flexibility index (Phi) is 3.42. The van der Waals surface area contributed by atoms with Crippen molar-refractivity contribution in [1.82, 2.24) is 5.32 Å². The lowest BCUT2D eigenvalue weighted by Gasteiger charge is -2.41. The molecule has 22 heavy (non-hydrogen) atoms. The predicted octanol–water partition coefficient (Wildman–Crippen LogP) is 2.37. The summed E-state index contributed by atoms with van der Waals surface area (Å²) in [5, 5.41) is 11.7. The van der Waals surface area contributed by atoms with Crippen LogP contribution in [0.4, 0.5) is 8.78 Å². The second-order valence-electron chi connectivity index (χ2n) is 6.30. The monoisotopic (exact) mass is 309 g/mol. The molecule has 0 unspecified atom stereocenters. The number of carbonyl (C=O) groups excluding carboxylic acids is 1. The van der Waals surface area contributed by atoms with Gasteiger partial charge in [-0.1, -0.05) is 12.5 Å². The van der Waals surface area contributed by atoms with Crippen LogP contribution in [0.3, 0.4) is 0 Å². The van der Waals surface area contributed by atoms with Crippen LogP contribution in [-0.4, -0.2) is 23.5 Å². The van der Waals surface area contributed by atoms with Crippen molar-refractivity contribution in [3.8, 4) is 0 Å². The van der Waals surface area contributed by atoms with Crippen LogP contribution in [0.2, 0.25) is 0 Å². The molecule has 0 saturated heterocycles. The maximum atomic E-state index is 14.0. The second-order valence-corrected chi connectivity index (χ2v) is 6.30. The number of nitrogens with one attached hydrogen (secondary N) is 1.